The van der Waals surface area contributed by atoms with Crippen molar-refractivity contribution in [3.05, 3.63) is 39.5 Å². The first-order valence-electron chi connectivity index (χ1n) is 15.9. The molecule has 2 amide bonds. The van der Waals surface area contributed by atoms with Crippen LogP contribution in [0.4, 0.5) is 0 Å². The maximum atomic E-state index is 13.3. The summed E-state index contributed by atoms with van der Waals surface area (Å²) < 4.78 is 14.0. The second kappa shape index (κ2) is 11.3. The van der Waals surface area contributed by atoms with Crippen molar-refractivity contribution >= 4 is 28.7 Å². The Hall–Kier alpha value is -3.22. The number of amides is 2. The summed E-state index contributed by atoms with van der Waals surface area (Å²) in [4.78, 5) is 30.5. The largest absolute Gasteiger partial charge is 0.489 e. The highest BCUT2D eigenvalue weighted by Gasteiger charge is 2.54. The van der Waals surface area contributed by atoms with Crippen LogP contribution in [-0.4, -0.2) is 69.0 Å². The van der Waals surface area contributed by atoms with E-state index in [1.165, 1.54) is 11.3 Å². The molecule has 44 heavy (non-hydrogen) atoms. The minimum atomic E-state index is -0.944. The maximum absolute atomic E-state index is 13.3. The van der Waals surface area contributed by atoms with Gasteiger partial charge < -0.3 is 30.9 Å². The average molecular weight is 623 g/mol. The predicted octanol–water partition coefficient (Wildman–Crippen LogP) is 3.58. The molecule has 3 saturated carbocycles. The smallest absolute Gasteiger partial charge is 0.264 e. The Morgan fingerprint density at radius 2 is 1.93 bits per heavy atom. The molecule has 1 spiro atoms. The first kappa shape index (κ1) is 29.5. The van der Waals surface area contributed by atoms with E-state index in [0.717, 1.165) is 87.1 Å². The van der Waals surface area contributed by atoms with Gasteiger partial charge in [0.1, 0.15) is 18.5 Å². The number of piperidine rings is 1. The molecule has 4 heterocycles. The monoisotopic (exact) mass is 622 g/mol. The molecule has 12 heteroatoms. The van der Waals surface area contributed by atoms with E-state index in [9.17, 15) is 14.7 Å². The van der Waals surface area contributed by atoms with Gasteiger partial charge in [-0.25, -0.2) is 9.50 Å². The molecule has 0 unspecified atom stereocenters. The van der Waals surface area contributed by atoms with E-state index in [4.69, 9.17) is 15.2 Å². The summed E-state index contributed by atoms with van der Waals surface area (Å²) in [6.07, 6.45) is 10.4. The van der Waals surface area contributed by atoms with Crippen molar-refractivity contribution in [2.24, 2.45) is 17.1 Å². The fraction of sp³-hybridized carbons (Fsp3) is 0.625. The Morgan fingerprint density at radius 1 is 1.18 bits per heavy atom. The van der Waals surface area contributed by atoms with E-state index in [1.54, 1.807) is 20.0 Å². The van der Waals surface area contributed by atoms with Gasteiger partial charge in [-0.05, 0) is 102 Å². The molecule has 1 aliphatic heterocycles. The van der Waals surface area contributed by atoms with E-state index >= 15 is 0 Å². The van der Waals surface area contributed by atoms with Gasteiger partial charge in [0.15, 0.2) is 4.88 Å². The Morgan fingerprint density at radius 3 is 2.61 bits per heavy atom. The Labute approximate surface area is 260 Å². The Kier molecular flexibility index (Phi) is 7.57. The molecule has 3 aromatic heterocycles. The zero-order valence-electron chi connectivity index (χ0n) is 25.4. The van der Waals surface area contributed by atoms with Gasteiger partial charge >= 0.3 is 0 Å². The maximum Gasteiger partial charge on any atom is 0.264 e. The van der Waals surface area contributed by atoms with Crippen molar-refractivity contribution < 1.29 is 24.2 Å². The summed E-state index contributed by atoms with van der Waals surface area (Å²) in [7, 11) is 0. The van der Waals surface area contributed by atoms with Crippen LogP contribution in [0, 0.1) is 11.3 Å². The molecular weight excluding hydrogens is 580 g/mol. The van der Waals surface area contributed by atoms with Crippen molar-refractivity contribution in [3.63, 3.8) is 0 Å². The summed E-state index contributed by atoms with van der Waals surface area (Å²) in [5.41, 5.74) is 7.17. The van der Waals surface area contributed by atoms with E-state index in [1.807, 2.05) is 16.6 Å². The normalized spacial score (nSPS) is 25.4. The van der Waals surface area contributed by atoms with Crippen molar-refractivity contribution in [2.45, 2.75) is 95.3 Å². The summed E-state index contributed by atoms with van der Waals surface area (Å²) in [5.74, 6) is 1.41. The number of carbonyl (C=O) groups is 2. The summed E-state index contributed by atoms with van der Waals surface area (Å²) in [6.45, 7) is 5.66. The predicted molar refractivity (Wildman–Crippen MR) is 165 cm³/mol. The number of nitrogens with two attached hydrogens (primary N) is 1. The molecular formula is C32H42N6O5S. The van der Waals surface area contributed by atoms with Gasteiger partial charge in [0.05, 0.1) is 33.6 Å². The number of nitrogens with one attached hydrogen (secondary N) is 2. The number of carbonyl (C=O) groups excluding carboxylic acids is 2. The first-order chi connectivity index (χ1) is 21.1. The van der Waals surface area contributed by atoms with E-state index in [2.05, 4.69) is 20.7 Å². The zero-order chi connectivity index (χ0) is 30.6. The van der Waals surface area contributed by atoms with Crippen molar-refractivity contribution in [2.75, 3.05) is 19.7 Å². The molecule has 0 atom stereocenters. The molecule has 3 aromatic rings. The lowest BCUT2D eigenvalue weighted by Crippen LogP contribution is -2.58. The van der Waals surface area contributed by atoms with Crippen molar-refractivity contribution in [1.82, 2.24) is 25.2 Å². The highest BCUT2D eigenvalue weighted by molar-refractivity contribution is 7.14. The fourth-order valence-corrected chi connectivity index (χ4v) is 8.14. The number of pyridine rings is 1. The third-order valence-corrected chi connectivity index (χ3v) is 10.6. The molecule has 236 valence electrons. The first-order valence-corrected chi connectivity index (χ1v) is 16.7. The third kappa shape index (κ3) is 6.03. The highest BCUT2D eigenvalue weighted by atomic mass is 32.1. The minimum Gasteiger partial charge on any atom is -0.489 e. The Bertz CT molecular complexity index is 1550. The van der Waals surface area contributed by atoms with Gasteiger partial charge in [-0.15, -0.1) is 11.3 Å². The number of aliphatic hydroxyl groups is 1. The minimum absolute atomic E-state index is 0.00636. The molecule has 1 saturated heterocycles. The standard InChI is InChI=1S/C32H42N6O5S/c1-31(2,41)17-42-24-6-5-23-22(16-35-38(23)26(24)19-3-4-19)29(40)36-20-12-32(13-20)14-21(15-32)43-30-27(28(33)39)44-25(37-30)11-18-7-9-34-10-8-18/h5-6,16,18-21,34,41H,3-4,7-15,17H2,1-2H3,(H2,33,39)(H,36,40)/t20-,21-,32?. The number of primary amides is 1. The Balaban J connectivity index is 0.938. The number of fused-ring (bicyclic) bond motifs is 1. The van der Waals surface area contributed by atoms with Gasteiger partial charge in [-0.1, -0.05) is 0 Å². The van der Waals surface area contributed by atoms with Crippen molar-refractivity contribution in [1.29, 1.82) is 0 Å². The van der Waals surface area contributed by atoms with Crippen LogP contribution in [0.1, 0.15) is 102 Å². The van der Waals surface area contributed by atoms with E-state index in [-0.39, 0.29) is 30.1 Å². The van der Waals surface area contributed by atoms with Crippen LogP contribution in [0.15, 0.2) is 18.3 Å². The third-order valence-electron chi connectivity index (χ3n) is 9.55. The molecule has 7 rings (SSSR count). The van der Waals surface area contributed by atoms with Crippen LogP contribution >= 0.6 is 11.3 Å². The fourth-order valence-electron chi connectivity index (χ4n) is 7.17. The number of hydrogen-bond acceptors (Lipinski definition) is 9. The number of ether oxygens (including phenoxy) is 2. The molecule has 0 radical (unpaired) electrons. The number of rotatable bonds is 11. The van der Waals surface area contributed by atoms with Gasteiger partial charge in [-0.2, -0.15) is 5.10 Å². The van der Waals surface area contributed by atoms with E-state index < -0.39 is 11.5 Å². The molecule has 4 aliphatic rings. The van der Waals surface area contributed by atoms with Crippen LogP contribution in [0.3, 0.4) is 0 Å². The summed E-state index contributed by atoms with van der Waals surface area (Å²) in [6, 6.07) is 3.87. The second-order valence-electron chi connectivity index (χ2n) is 14.0. The molecule has 3 aliphatic carbocycles. The molecule has 4 fully saturated rings. The van der Waals surface area contributed by atoms with Crippen LogP contribution in [0.5, 0.6) is 11.6 Å². The lowest BCUT2D eigenvalue weighted by molar-refractivity contribution is -0.0846. The quantitative estimate of drug-likeness (QED) is 0.253. The SMILES string of the molecule is CC(C)(O)COc1ccc2c(C(=O)N[C@H]3CC4(C3)C[C@H](Oc3nc(CC5CCNCC5)sc3C(N)=O)C4)cnn2c1C1CC1. The second-order valence-corrected chi connectivity index (χ2v) is 15.1. The lowest BCUT2D eigenvalue weighted by Gasteiger charge is -2.57. The van der Waals surface area contributed by atoms with E-state index in [0.29, 0.717) is 33.9 Å². The van der Waals surface area contributed by atoms with Gasteiger partial charge in [0, 0.05) is 18.4 Å². The number of thiazole rings is 1. The van der Waals surface area contributed by atoms with Crippen LogP contribution in [0.2, 0.25) is 0 Å². The van der Waals surface area contributed by atoms with Gasteiger partial charge in [-0.3, -0.25) is 9.59 Å². The van der Waals surface area contributed by atoms with Crippen LogP contribution < -0.4 is 25.8 Å². The number of aromatic nitrogens is 3. The summed E-state index contributed by atoms with van der Waals surface area (Å²) >= 11 is 1.37. The molecule has 0 aromatic carbocycles. The van der Waals surface area contributed by atoms with Gasteiger partial charge in [0.25, 0.3) is 11.8 Å². The topological polar surface area (TPSA) is 153 Å². The van der Waals surface area contributed by atoms with Crippen molar-refractivity contribution in [3.8, 4) is 11.6 Å². The zero-order valence-corrected chi connectivity index (χ0v) is 26.3. The summed E-state index contributed by atoms with van der Waals surface area (Å²) in [5, 5.41) is 22.2. The van der Waals surface area contributed by atoms with Crippen LogP contribution in [0.25, 0.3) is 5.52 Å². The number of hydrogen-bond donors (Lipinski definition) is 4. The molecule has 0 bridgehead atoms. The lowest BCUT2D eigenvalue weighted by atomic mass is 9.53. The number of nitrogens with zero attached hydrogens (tertiary/aromatic N) is 3. The van der Waals surface area contributed by atoms with Crippen LogP contribution in [-0.2, 0) is 6.42 Å². The highest BCUT2D eigenvalue weighted by Crippen LogP contribution is 2.57. The average Bonchev–Trinajstić information content (AvgIpc) is 3.55. The van der Waals surface area contributed by atoms with Gasteiger partial charge in [0.2, 0.25) is 5.88 Å². The molecule has 5 N–H and O–H groups in total. The molecule has 11 nitrogen and oxygen atoms in total.